The molecule has 1 aliphatic carbocycles. The van der Waals surface area contributed by atoms with E-state index in [1.807, 2.05) is 73.2 Å². The van der Waals surface area contributed by atoms with Crippen LogP contribution in [0.4, 0.5) is 22.1 Å². The summed E-state index contributed by atoms with van der Waals surface area (Å²) in [6.45, 7) is 7.86. The van der Waals surface area contributed by atoms with E-state index in [0.717, 1.165) is 49.3 Å². The van der Waals surface area contributed by atoms with E-state index in [-0.39, 0.29) is 92.4 Å². The van der Waals surface area contributed by atoms with Crippen molar-refractivity contribution in [2.24, 2.45) is 11.3 Å². The van der Waals surface area contributed by atoms with Crippen LogP contribution < -0.4 is 69.0 Å². The third kappa shape index (κ3) is 22.1. The van der Waals surface area contributed by atoms with Gasteiger partial charge in [0, 0.05) is 152 Å². The summed E-state index contributed by atoms with van der Waals surface area (Å²) in [5.41, 5.74) is 11.8. The molecule has 4 fully saturated rings. The molecule has 9 heterocycles. The average molecular weight is 1920 g/mol. The number of aliphatic hydroxyl groups is 3. The Morgan fingerprint density at radius 3 is 2.04 bits per heavy atom. The Kier molecular flexibility index (Phi) is 32.0. The minimum absolute atomic E-state index is 0.0201. The Balaban J connectivity index is 0.534. The second kappa shape index (κ2) is 43.1. The van der Waals surface area contributed by atoms with Gasteiger partial charge in [0.05, 0.1) is 88.4 Å². The number of fused-ring (bicyclic) bond motifs is 7. The second-order valence-electron chi connectivity index (χ2n) is 35.1. The Bertz CT molecular complexity index is 5570. The van der Waals surface area contributed by atoms with Crippen LogP contribution in [0.5, 0.6) is 5.75 Å². The summed E-state index contributed by atoms with van der Waals surface area (Å²) >= 11 is 0. The van der Waals surface area contributed by atoms with Crippen molar-refractivity contribution in [1.29, 1.82) is 0 Å². The van der Waals surface area contributed by atoms with Crippen LogP contribution in [0.1, 0.15) is 116 Å². The predicted molar refractivity (Wildman–Crippen MR) is 489 cm³/mol. The first-order chi connectivity index (χ1) is 64.4. The van der Waals surface area contributed by atoms with Crippen molar-refractivity contribution in [2.45, 2.75) is 168 Å². The predicted octanol–water partition coefficient (Wildman–Crippen LogP) is -1.08. The lowest BCUT2D eigenvalue weighted by molar-refractivity contribution is -0.148. The molecule has 135 heavy (non-hydrogen) atoms. The van der Waals surface area contributed by atoms with Gasteiger partial charge in [0.25, 0.3) is 11.5 Å². The van der Waals surface area contributed by atoms with Crippen molar-refractivity contribution >= 4 is 138 Å². The van der Waals surface area contributed by atoms with E-state index < -0.39 is 197 Å². The number of nitrogens with zero attached hydrogens (tertiary/aromatic N) is 8. The third-order valence-corrected chi connectivity index (χ3v) is 29.2. The van der Waals surface area contributed by atoms with E-state index >= 15 is 4.79 Å². The number of carboxylic acid groups (broad SMARTS) is 5. The van der Waals surface area contributed by atoms with Gasteiger partial charge in [-0.3, -0.25) is 68.4 Å². The monoisotopic (exact) mass is 1910 g/mol. The minimum atomic E-state index is -1.99. The maximum Gasteiger partial charge on any atom is 0.421 e. The molecule has 2 bridgehead atoms. The number of carboxylic acids is 5. The molecule has 21 N–H and O–H groups in total. The summed E-state index contributed by atoms with van der Waals surface area (Å²) in [5.74, 6) is -14.2. The number of hydrogen-bond donors (Lipinski definition) is 20. The zero-order valence-electron chi connectivity index (χ0n) is 74.9. The number of hydrazine groups is 1. The van der Waals surface area contributed by atoms with E-state index in [1.165, 1.54) is 37.6 Å². The smallest absolute Gasteiger partial charge is 0.421 e. The van der Waals surface area contributed by atoms with Crippen molar-refractivity contribution in [3.63, 3.8) is 0 Å². The van der Waals surface area contributed by atoms with Crippen LogP contribution in [0.2, 0.25) is 0 Å². The number of esters is 1. The Hall–Kier alpha value is -12.3. The molecule has 1 saturated carbocycles. The zero-order chi connectivity index (χ0) is 97.1. The highest BCUT2D eigenvalue weighted by Gasteiger charge is 2.72. The Morgan fingerprint density at radius 2 is 1.38 bits per heavy atom. The highest BCUT2D eigenvalue weighted by molar-refractivity contribution is 8.76. The molecule has 6 aliphatic heterocycles. The number of piperidine rings is 1. The average Bonchev–Trinajstić information content (AvgIpc) is 1.50. The van der Waals surface area contributed by atoms with Crippen LogP contribution in [0.25, 0.3) is 22.1 Å². The van der Waals surface area contributed by atoms with E-state index in [2.05, 4.69) is 88.9 Å². The number of aliphatic hydroxyl groups excluding tert-OH is 2. The van der Waals surface area contributed by atoms with Gasteiger partial charge in [-0.2, -0.15) is 4.98 Å². The number of para-hydroxylation sites is 1. The normalized spacial score (nSPS) is 24.6. The number of aromatic amines is 2. The SMILES string of the molecule is CCC1(O)CC2CN(CCc3c([nH]c4ccccc34)C(C(=O)OC)(c3cc4c(cc3OC)N(C)C3C(NNC(=O)OCCSSCC(NC(=O)CC(NC(=O)CC(NC(=O)CN5CCN(CCNC(=O)CC(NC(=O)CCC(NC(=O)c6ccc(NCc7cnc8nc(N)[nH]c(=O)c8n7)cc6)C(=O)O)C(=O)O)CC5)C(=O)O)C(=O)O)C(=O)O)C(O)C(O)C5(CC)C=CCN6CCC43C65)C2)C1. The summed E-state index contributed by atoms with van der Waals surface area (Å²) in [6, 6.07) is 6.82. The number of nitrogen functional groups attached to an aromatic ring is 1. The van der Waals surface area contributed by atoms with Crippen molar-refractivity contribution in [2.75, 3.05) is 134 Å². The summed E-state index contributed by atoms with van der Waals surface area (Å²) in [4.78, 5) is 210. The molecule has 6 aromatic rings. The second-order valence-corrected chi connectivity index (χ2v) is 37.8. The number of aliphatic carboxylic acids is 5. The van der Waals surface area contributed by atoms with Gasteiger partial charge in [-0.05, 0) is 105 Å². The number of anilines is 3. The zero-order valence-corrected chi connectivity index (χ0v) is 76.6. The molecule has 13 rings (SSSR count). The molecule has 728 valence electrons. The van der Waals surface area contributed by atoms with Gasteiger partial charge in [-0.1, -0.05) is 65.8 Å². The molecule has 7 amide bonds. The van der Waals surface area contributed by atoms with Gasteiger partial charge in [-0.25, -0.2) is 44.2 Å². The van der Waals surface area contributed by atoms with E-state index in [9.17, 15) is 103 Å². The molecule has 45 nitrogen and oxygen atoms in total. The summed E-state index contributed by atoms with van der Waals surface area (Å²) in [6.07, 6.45) is 0.534. The molecule has 1 spiro atoms. The number of likely N-dealkylation sites (N-methyl/N-ethyl adjacent to an activating group) is 1. The topological polar surface area (TPSA) is 649 Å². The van der Waals surface area contributed by atoms with Crippen LogP contribution in [0, 0.1) is 11.3 Å². The lowest BCUT2D eigenvalue weighted by Gasteiger charge is -2.51. The number of carbonyl (C=O) groups is 13. The number of hydrogen-bond acceptors (Lipinski definition) is 33. The van der Waals surface area contributed by atoms with E-state index in [1.54, 1.807) is 12.0 Å². The lowest BCUT2D eigenvalue weighted by Crippen LogP contribution is -2.65. The number of aromatic nitrogens is 5. The molecule has 0 radical (unpaired) electrons. The van der Waals surface area contributed by atoms with Crippen LogP contribution in [-0.2, 0) is 86.0 Å². The van der Waals surface area contributed by atoms with Crippen LogP contribution >= 0.6 is 21.6 Å². The molecule has 3 aromatic carbocycles. The number of piperazine rings is 1. The molecule has 16 atom stereocenters. The fraction of sp³-hybridized carbons (Fsp3) is 0.534. The molecule has 3 saturated heterocycles. The Labute approximate surface area is 781 Å². The van der Waals surface area contributed by atoms with Crippen molar-refractivity contribution in [3.05, 3.63) is 123 Å². The number of nitrogens with one attached hydrogen (secondary N) is 11. The van der Waals surface area contributed by atoms with Crippen molar-refractivity contribution in [1.82, 2.24) is 87.3 Å². The first-order valence-corrected chi connectivity index (χ1v) is 46.9. The van der Waals surface area contributed by atoms with Gasteiger partial charge < -0.3 is 108 Å². The standard InChI is InChI=1S/C88H114N20O25S2/c1-6-85(130)38-46-39-88(82(128)132-5,70-51(19-24-107(42-46)45-85)50-11-8-9-12-54(50)98-70)53-33-52-60(37-61(53)131-4)104(3)71-67(69(114)72(115)86(7-2)20-10-23-108-25-21-87(52,71)81(86)108)102-103-84(129)133-31-32-134-135-44-59(80(126)127)97-65(112)35-57(78(122)123)95-64(111)36-58(79(124)125)96-66(113)43-106-29-27-105(28-30-106)26-22-90-63(110)34-56(77(120)121)94-62(109)18-17-55(76(118)119)99-74(116)47-13-15-48(16-14-47)91-40-49-41-92-73-68(93-49)75(117)101-83(89)100-73/h8-16,20,33,37,41,46,55-59,67,69,71-72,81,91,98,102,114-115,130H,6-7,17-19,21-32,34-36,38-40,42-45H2,1-5H3,(H,90,110)(H,94,109)(H,95,111)(H,96,113)(H,97,112)(H,99,116)(H,103,129)(H,118,119)(H,120,121)(H,122,123)(H,124,125)(H,126,127)(H3,89,92,100,101,117). The summed E-state index contributed by atoms with van der Waals surface area (Å²) in [7, 11) is 6.88. The molecule has 7 aliphatic rings. The fourth-order valence-corrected chi connectivity index (χ4v) is 22.5. The number of nitrogens with two attached hydrogens (primary N) is 1. The van der Waals surface area contributed by atoms with E-state index in [4.69, 9.17) is 19.9 Å². The maximum absolute atomic E-state index is 15.7. The molecular formula is C88H114N20O25S2. The van der Waals surface area contributed by atoms with Gasteiger partial charge in [-0.15, -0.1) is 0 Å². The first kappa shape index (κ1) is 100. The highest BCUT2D eigenvalue weighted by atomic mass is 33.1. The summed E-state index contributed by atoms with van der Waals surface area (Å²) in [5, 5.41) is 105. The van der Waals surface area contributed by atoms with Crippen molar-refractivity contribution in [3.8, 4) is 5.75 Å². The number of methoxy groups -OCH3 is 2. The largest absolute Gasteiger partial charge is 0.496 e. The number of benzene rings is 3. The molecule has 16 unspecified atom stereocenters. The lowest BCUT2D eigenvalue weighted by atomic mass is 9.59. The summed E-state index contributed by atoms with van der Waals surface area (Å²) < 4.78 is 18.1. The van der Waals surface area contributed by atoms with Crippen LogP contribution in [-0.4, -0.2) is 347 Å². The highest BCUT2D eigenvalue weighted by Crippen LogP contribution is 2.65. The number of amides is 7. The van der Waals surface area contributed by atoms with Gasteiger partial charge >= 0.3 is 41.9 Å². The Morgan fingerprint density at radius 1 is 0.719 bits per heavy atom. The van der Waals surface area contributed by atoms with Gasteiger partial charge in [0.1, 0.15) is 48.0 Å². The van der Waals surface area contributed by atoms with Gasteiger partial charge in [0.15, 0.2) is 11.2 Å². The fourth-order valence-electron chi connectivity index (χ4n) is 20.5. The number of H-pyrrole nitrogens is 2. The number of rotatable bonds is 41. The third-order valence-electron chi connectivity index (χ3n) is 26.9. The first-order valence-electron chi connectivity index (χ1n) is 44.4. The van der Waals surface area contributed by atoms with Crippen molar-refractivity contribution < 1.29 is 117 Å². The number of ether oxygens (including phenoxy) is 3. The quantitative estimate of drug-likeness (QED) is 0.00714. The number of carbonyl (C=O) groups excluding carboxylic acids is 8. The van der Waals surface area contributed by atoms with Crippen LogP contribution in [0.3, 0.4) is 0 Å². The molecule has 47 heteroatoms. The van der Waals surface area contributed by atoms with E-state index in [0.29, 0.717) is 106 Å². The van der Waals surface area contributed by atoms with Crippen LogP contribution in [0.15, 0.2) is 83.8 Å². The maximum atomic E-state index is 15.7. The molecular weight excluding hydrogens is 1800 g/mol. The minimum Gasteiger partial charge on any atom is -0.496 e. The molecule has 3 aromatic heterocycles. The van der Waals surface area contributed by atoms with Gasteiger partial charge in [0.2, 0.25) is 35.5 Å².